The summed E-state index contributed by atoms with van der Waals surface area (Å²) in [6.45, 7) is -0.685. The molecule has 0 fully saturated rings. The van der Waals surface area contributed by atoms with Crippen LogP contribution in [0.5, 0.6) is 0 Å². The maximum Gasteiger partial charge on any atom is 0.331 e. The third-order valence-corrected chi connectivity index (χ3v) is 4.70. The van der Waals surface area contributed by atoms with Gasteiger partial charge in [0.2, 0.25) is 0 Å². The van der Waals surface area contributed by atoms with Gasteiger partial charge in [-0.15, -0.1) is 0 Å². The van der Waals surface area contributed by atoms with Crippen molar-refractivity contribution in [1.82, 2.24) is 0 Å². The molecule has 6 nitrogen and oxygen atoms in total. The van der Waals surface area contributed by atoms with E-state index in [1.165, 1.54) is 0 Å². The second-order valence-corrected chi connectivity index (χ2v) is 6.56. The Morgan fingerprint density at radius 1 is 1.21 bits per heavy atom. The number of carbonyl (C=O) groups is 1. The first-order chi connectivity index (χ1) is 11.5. The van der Waals surface area contributed by atoms with E-state index in [0.717, 1.165) is 27.0 Å². The molecule has 24 heavy (non-hydrogen) atoms. The predicted molar refractivity (Wildman–Crippen MR) is 93.9 cm³/mol. The van der Waals surface area contributed by atoms with Gasteiger partial charge in [-0.2, -0.15) is 0 Å². The summed E-state index contributed by atoms with van der Waals surface area (Å²) in [4.78, 5) is 11.7. The molecule has 8 heteroatoms. The molecule has 2 atom stereocenters. The number of aliphatic hydroxyl groups is 1. The maximum atomic E-state index is 11.7. The van der Waals surface area contributed by atoms with E-state index < -0.39 is 29.9 Å². The normalized spacial score (nSPS) is 13.2. The number of carbonyl (C=O) groups excluding carboxylic acids is 1. The lowest BCUT2D eigenvalue weighted by molar-refractivity contribution is -0.142. The summed E-state index contributed by atoms with van der Waals surface area (Å²) < 4.78 is 29.3. The number of hydrogen-bond donors (Lipinski definition) is 1. The molecule has 0 aliphatic rings. The van der Waals surface area contributed by atoms with Crippen LogP contribution in [0.25, 0.3) is 11.1 Å². The van der Waals surface area contributed by atoms with E-state index in [9.17, 15) is 18.7 Å². The van der Waals surface area contributed by atoms with Crippen LogP contribution in [0.15, 0.2) is 53.0 Å². The fourth-order valence-corrected chi connectivity index (χ4v) is 3.11. The largest absolute Gasteiger partial charge is 0.755 e. The quantitative estimate of drug-likeness (QED) is 0.580. The van der Waals surface area contributed by atoms with Crippen LogP contribution in [0, 0.1) is 0 Å². The van der Waals surface area contributed by atoms with E-state index in [4.69, 9.17) is 0 Å². The van der Waals surface area contributed by atoms with Crippen molar-refractivity contribution in [1.29, 1.82) is 0 Å². The first-order valence-corrected chi connectivity index (χ1v) is 8.73. The van der Waals surface area contributed by atoms with Crippen molar-refractivity contribution >= 4 is 38.9 Å². The average Bonchev–Trinajstić information content (AvgIpc) is 2.59. The first-order valence-electron chi connectivity index (χ1n) is 6.91. The first kappa shape index (κ1) is 18.6. The van der Waals surface area contributed by atoms with E-state index >= 15 is 0 Å². The second-order valence-electron chi connectivity index (χ2n) is 4.82. The lowest BCUT2D eigenvalue weighted by Gasteiger charge is -2.31. The Morgan fingerprint density at radius 2 is 1.71 bits per heavy atom. The lowest BCUT2D eigenvalue weighted by Crippen LogP contribution is -2.45. The number of ether oxygens (including phenoxy) is 1. The number of benzene rings is 2. The zero-order valence-corrected chi connectivity index (χ0v) is 15.1. The van der Waals surface area contributed by atoms with E-state index in [-0.39, 0.29) is 5.69 Å². The lowest BCUT2D eigenvalue weighted by atomic mass is 10.1. The van der Waals surface area contributed by atoms with Crippen molar-refractivity contribution in [3.05, 3.63) is 53.0 Å². The van der Waals surface area contributed by atoms with Crippen LogP contribution in [-0.2, 0) is 20.8 Å². The molecule has 0 heterocycles. The molecule has 0 radical (unpaired) electrons. The molecule has 1 N–H and O–H groups in total. The summed E-state index contributed by atoms with van der Waals surface area (Å²) in [6.07, 6.45) is 0. The summed E-state index contributed by atoms with van der Waals surface area (Å²) in [5.41, 5.74) is 2.11. The van der Waals surface area contributed by atoms with Crippen molar-refractivity contribution in [3.63, 3.8) is 0 Å². The van der Waals surface area contributed by atoms with Crippen LogP contribution in [-0.4, -0.2) is 39.6 Å². The monoisotopic (exact) mass is 412 g/mol. The summed E-state index contributed by atoms with van der Waals surface area (Å²) >= 11 is 0.622. The summed E-state index contributed by atoms with van der Waals surface area (Å²) in [5, 5.41) is 9.35. The van der Waals surface area contributed by atoms with Crippen LogP contribution in [0.1, 0.15) is 0 Å². The molecule has 128 valence electrons. The molecule has 0 saturated carbocycles. The Hall–Kier alpha value is -1.74. The number of aliphatic hydroxyl groups excluding tert-OH is 1. The van der Waals surface area contributed by atoms with Gasteiger partial charge in [0.25, 0.3) is 0 Å². The molecule has 2 aromatic carbocycles. The van der Waals surface area contributed by atoms with Crippen molar-refractivity contribution in [3.8, 4) is 11.1 Å². The van der Waals surface area contributed by atoms with E-state index in [2.05, 4.69) is 20.7 Å². The number of rotatable bonds is 6. The second kappa shape index (κ2) is 8.39. The highest BCUT2D eigenvalue weighted by Crippen LogP contribution is 2.26. The minimum Gasteiger partial charge on any atom is -0.755 e. The Labute approximate surface area is 150 Å². The summed E-state index contributed by atoms with van der Waals surface area (Å²) in [5.74, 6) is -0.835. The van der Waals surface area contributed by atoms with E-state index in [1.807, 2.05) is 24.3 Å². The van der Waals surface area contributed by atoms with Crippen LogP contribution >= 0.6 is 15.9 Å². The summed E-state index contributed by atoms with van der Waals surface area (Å²) in [6, 6.07) is 12.9. The molecule has 2 unspecified atom stereocenters. The van der Waals surface area contributed by atoms with Gasteiger partial charge in [0.05, 0.1) is 13.7 Å². The number of hydrogen-bond acceptors (Lipinski definition) is 5. The van der Waals surface area contributed by atoms with Crippen molar-refractivity contribution in [2.45, 2.75) is 6.04 Å². The third kappa shape index (κ3) is 4.21. The van der Waals surface area contributed by atoms with E-state index in [0.29, 0.717) is 0 Å². The Kier molecular flexibility index (Phi) is 6.50. The van der Waals surface area contributed by atoms with Crippen molar-refractivity contribution < 1.29 is 23.4 Å². The molecule has 0 aliphatic heterocycles. The van der Waals surface area contributed by atoms with Gasteiger partial charge in [-0.3, -0.25) is 8.51 Å². The molecule has 2 rings (SSSR count). The molecule has 0 saturated heterocycles. The average molecular weight is 413 g/mol. The van der Waals surface area contributed by atoms with Crippen molar-refractivity contribution in [2.24, 2.45) is 0 Å². The summed E-state index contributed by atoms with van der Waals surface area (Å²) in [7, 11) is 1.13. The molecular weight excluding hydrogens is 398 g/mol. The topological polar surface area (TPSA) is 89.9 Å². The Morgan fingerprint density at radius 3 is 2.12 bits per heavy atom. The molecule has 2 aromatic rings. The fraction of sp³-hybridized carbons (Fsp3) is 0.188. The van der Waals surface area contributed by atoms with Crippen molar-refractivity contribution in [2.75, 3.05) is 18.0 Å². The van der Waals surface area contributed by atoms with E-state index in [1.54, 1.807) is 24.3 Å². The third-order valence-electron chi connectivity index (χ3n) is 3.39. The zero-order valence-electron chi connectivity index (χ0n) is 12.7. The Bertz CT molecular complexity index is 720. The minimum absolute atomic E-state index is 0.258. The smallest absolute Gasteiger partial charge is 0.331 e. The van der Waals surface area contributed by atoms with Gasteiger partial charge in [0.15, 0.2) is 6.04 Å². The van der Waals surface area contributed by atoms with Crippen LogP contribution in [0.2, 0.25) is 0 Å². The number of methoxy groups -OCH3 is 1. The van der Waals surface area contributed by atoms with Gasteiger partial charge in [-0.05, 0) is 35.4 Å². The molecule has 0 amide bonds. The van der Waals surface area contributed by atoms with Gasteiger partial charge in [-0.1, -0.05) is 40.2 Å². The highest BCUT2D eigenvalue weighted by Gasteiger charge is 2.27. The van der Waals surface area contributed by atoms with Gasteiger partial charge in [0, 0.05) is 21.4 Å². The van der Waals surface area contributed by atoms with Gasteiger partial charge >= 0.3 is 5.97 Å². The highest BCUT2D eigenvalue weighted by atomic mass is 79.9. The zero-order chi connectivity index (χ0) is 17.7. The number of nitrogens with zero attached hydrogens (tertiary/aromatic N) is 1. The van der Waals surface area contributed by atoms with Crippen LogP contribution in [0.3, 0.4) is 0 Å². The highest BCUT2D eigenvalue weighted by molar-refractivity contribution is 9.10. The molecule has 0 aromatic heterocycles. The molecule has 0 bridgehead atoms. The van der Waals surface area contributed by atoms with Crippen LogP contribution in [0.4, 0.5) is 5.69 Å². The maximum absolute atomic E-state index is 11.7. The number of halogens is 1. The minimum atomic E-state index is -2.74. The molecule has 0 aliphatic carbocycles. The SMILES string of the molecule is COC(=O)C(CO)N(c1ccc(-c2ccc(Br)cc2)cc1)S(=O)[O-]. The standard InChI is InChI=1S/C16H16BrNO5S/c1-23-16(20)15(10-19)18(24(21)22)14-8-4-12(5-9-14)11-2-6-13(17)7-3-11/h2-9,15,19H,10H2,1H3,(H,21,22)/p-1. The van der Waals surface area contributed by atoms with Gasteiger partial charge < -0.3 is 14.4 Å². The number of anilines is 1. The fourth-order valence-electron chi connectivity index (χ4n) is 2.19. The predicted octanol–water partition coefficient (Wildman–Crippen LogP) is 2.25. The molecule has 0 spiro atoms. The number of esters is 1. The Balaban J connectivity index is 2.33. The van der Waals surface area contributed by atoms with Gasteiger partial charge in [-0.25, -0.2) is 4.79 Å². The molecular formula is C16H15BrNO5S-. The van der Waals surface area contributed by atoms with Crippen LogP contribution < -0.4 is 4.31 Å². The van der Waals surface area contributed by atoms with Gasteiger partial charge in [0.1, 0.15) is 0 Å².